The van der Waals surface area contributed by atoms with Gasteiger partial charge in [0.25, 0.3) is 0 Å². The van der Waals surface area contributed by atoms with E-state index in [9.17, 15) is 5.11 Å². The minimum absolute atomic E-state index is 0.259. The summed E-state index contributed by atoms with van der Waals surface area (Å²) < 4.78 is 5.90. The van der Waals surface area contributed by atoms with Gasteiger partial charge in [0.1, 0.15) is 11.5 Å². The molecule has 4 nitrogen and oxygen atoms in total. The normalized spacial score (nSPS) is 10.8. The fraction of sp³-hybridized carbons (Fsp3) is 0.348. The van der Waals surface area contributed by atoms with Crippen molar-refractivity contribution in [3.8, 4) is 22.8 Å². The second-order valence-corrected chi connectivity index (χ2v) is 7.71. The number of nitrogens with one attached hydrogen (secondary N) is 1. The van der Waals surface area contributed by atoms with Gasteiger partial charge in [0.15, 0.2) is 5.13 Å². The van der Waals surface area contributed by atoms with Crippen LogP contribution in [0.1, 0.15) is 45.4 Å². The lowest BCUT2D eigenvalue weighted by Crippen LogP contribution is -1.98. The monoisotopic (exact) mass is 396 g/mol. The average Bonchev–Trinajstić information content (AvgIpc) is 3.16. The van der Waals surface area contributed by atoms with Crippen molar-refractivity contribution in [1.82, 2.24) is 4.98 Å². The summed E-state index contributed by atoms with van der Waals surface area (Å²) in [5, 5.41) is 15.6. The number of unbranched alkanes of at least 4 members (excludes halogenated alkanes) is 5. The largest absolute Gasteiger partial charge is 0.508 e. The molecule has 5 heteroatoms. The van der Waals surface area contributed by atoms with E-state index in [0.29, 0.717) is 0 Å². The summed E-state index contributed by atoms with van der Waals surface area (Å²) in [6, 6.07) is 15.1. The first-order valence-electron chi connectivity index (χ1n) is 9.99. The lowest BCUT2D eigenvalue weighted by molar-refractivity contribution is 0.304. The van der Waals surface area contributed by atoms with Crippen LogP contribution in [0.3, 0.4) is 0 Å². The molecule has 0 bridgehead atoms. The van der Waals surface area contributed by atoms with Crippen LogP contribution in [0.5, 0.6) is 11.5 Å². The van der Waals surface area contributed by atoms with Crippen LogP contribution < -0.4 is 10.1 Å². The predicted octanol–water partition coefficient (Wildman–Crippen LogP) is 7.00. The SMILES string of the molecule is CCCCCCCCOc1cccc(Nc2nc(-c3ccc(O)cc3)cs2)c1. The van der Waals surface area contributed by atoms with E-state index in [1.165, 1.54) is 32.1 Å². The molecule has 0 spiro atoms. The molecule has 2 N–H and O–H groups in total. The molecule has 148 valence electrons. The molecule has 0 amide bonds. The standard InChI is InChI=1S/C23H28N2O2S/c1-2-3-4-5-6-7-15-27-21-10-8-9-19(16-21)24-23-25-22(17-28-23)18-11-13-20(26)14-12-18/h8-14,16-17,26H,2-7,15H2,1H3,(H,24,25). The van der Waals surface area contributed by atoms with Crippen molar-refractivity contribution in [2.24, 2.45) is 0 Å². The van der Waals surface area contributed by atoms with Crippen molar-refractivity contribution < 1.29 is 9.84 Å². The first-order valence-corrected chi connectivity index (χ1v) is 10.9. The van der Waals surface area contributed by atoms with Gasteiger partial charge in [0.05, 0.1) is 12.3 Å². The highest BCUT2D eigenvalue weighted by atomic mass is 32.1. The molecular weight excluding hydrogens is 368 g/mol. The molecule has 0 aliphatic rings. The fourth-order valence-electron chi connectivity index (χ4n) is 2.96. The van der Waals surface area contributed by atoms with Crippen molar-refractivity contribution in [2.75, 3.05) is 11.9 Å². The van der Waals surface area contributed by atoms with Gasteiger partial charge in [-0.1, -0.05) is 45.1 Å². The molecule has 28 heavy (non-hydrogen) atoms. The van der Waals surface area contributed by atoms with Gasteiger partial charge in [0, 0.05) is 22.7 Å². The number of aromatic hydroxyl groups is 1. The number of aromatic nitrogens is 1. The quantitative estimate of drug-likeness (QED) is 0.343. The lowest BCUT2D eigenvalue weighted by Gasteiger charge is -2.08. The van der Waals surface area contributed by atoms with Crippen LogP contribution in [0.25, 0.3) is 11.3 Å². The maximum absolute atomic E-state index is 9.41. The second kappa shape index (κ2) is 10.7. The Balaban J connectivity index is 1.50. The van der Waals surface area contributed by atoms with E-state index >= 15 is 0 Å². The van der Waals surface area contributed by atoms with E-state index in [2.05, 4.69) is 17.2 Å². The number of anilines is 2. The van der Waals surface area contributed by atoms with Gasteiger partial charge in [0.2, 0.25) is 0 Å². The van der Waals surface area contributed by atoms with Crippen LogP contribution in [0.4, 0.5) is 10.8 Å². The molecule has 1 aromatic heterocycles. The average molecular weight is 397 g/mol. The van der Waals surface area contributed by atoms with Gasteiger partial charge >= 0.3 is 0 Å². The molecule has 0 saturated heterocycles. The van der Waals surface area contributed by atoms with Gasteiger partial charge in [-0.05, 0) is 42.8 Å². The number of phenolic OH excluding ortho intramolecular Hbond substituents is 1. The number of hydrogen-bond donors (Lipinski definition) is 2. The summed E-state index contributed by atoms with van der Waals surface area (Å²) >= 11 is 1.55. The number of nitrogens with zero attached hydrogens (tertiary/aromatic N) is 1. The zero-order chi connectivity index (χ0) is 19.6. The summed E-state index contributed by atoms with van der Waals surface area (Å²) in [5.41, 5.74) is 2.84. The minimum atomic E-state index is 0.259. The molecule has 0 unspecified atom stereocenters. The topological polar surface area (TPSA) is 54.4 Å². The Morgan fingerprint density at radius 3 is 2.61 bits per heavy atom. The highest BCUT2D eigenvalue weighted by molar-refractivity contribution is 7.14. The Morgan fingerprint density at radius 2 is 1.79 bits per heavy atom. The number of ether oxygens (including phenoxy) is 1. The van der Waals surface area contributed by atoms with Crippen LogP contribution in [0, 0.1) is 0 Å². The van der Waals surface area contributed by atoms with Crippen molar-refractivity contribution in [3.05, 3.63) is 53.9 Å². The molecule has 0 saturated carbocycles. The zero-order valence-electron chi connectivity index (χ0n) is 16.4. The van der Waals surface area contributed by atoms with E-state index in [1.54, 1.807) is 23.5 Å². The van der Waals surface area contributed by atoms with Crippen molar-refractivity contribution in [2.45, 2.75) is 45.4 Å². The number of phenols is 1. The Labute approximate surface area is 171 Å². The molecule has 0 aliphatic carbocycles. The molecule has 1 heterocycles. The van der Waals surface area contributed by atoms with Gasteiger partial charge in [-0.25, -0.2) is 4.98 Å². The predicted molar refractivity (Wildman–Crippen MR) is 118 cm³/mol. The van der Waals surface area contributed by atoms with E-state index in [0.717, 1.165) is 40.9 Å². The molecule has 3 rings (SSSR count). The third-order valence-corrected chi connectivity index (χ3v) is 5.28. The zero-order valence-corrected chi connectivity index (χ0v) is 17.2. The molecule has 3 aromatic rings. The maximum atomic E-state index is 9.41. The van der Waals surface area contributed by atoms with Crippen molar-refractivity contribution in [3.63, 3.8) is 0 Å². The third kappa shape index (κ3) is 6.27. The smallest absolute Gasteiger partial charge is 0.187 e. The van der Waals surface area contributed by atoms with E-state index in [-0.39, 0.29) is 5.75 Å². The third-order valence-electron chi connectivity index (χ3n) is 4.52. The highest BCUT2D eigenvalue weighted by Gasteiger charge is 2.06. The van der Waals surface area contributed by atoms with Crippen LogP contribution in [-0.4, -0.2) is 16.7 Å². The molecule has 0 radical (unpaired) electrons. The summed E-state index contributed by atoms with van der Waals surface area (Å²) in [6.45, 7) is 3.00. The molecule has 2 aromatic carbocycles. The number of rotatable bonds is 11. The molecule has 0 aliphatic heterocycles. The van der Waals surface area contributed by atoms with Gasteiger partial charge in [-0.15, -0.1) is 11.3 Å². The second-order valence-electron chi connectivity index (χ2n) is 6.85. The number of hydrogen-bond acceptors (Lipinski definition) is 5. The number of benzene rings is 2. The Hall–Kier alpha value is -2.53. The minimum Gasteiger partial charge on any atom is -0.508 e. The van der Waals surface area contributed by atoms with E-state index in [4.69, 9.17) is 4.74 Å². The Morgan fingerprint density at radius 1 is 1.00 bits per heavy atom. The first kappa shape index (κ1) is 20.2. The van der Waals surface area contributed by atoms with Gasteiger partial charge < -0.3 is 15.2 Å². The van der Waals surface area contributed by atoms with E-state index < -0.39 is 0 Å². The van der Waals surface area contributed by atoms with Crippen LogP contribution in [-0.2, 0) is 0 Å². The summed E-state index contributed by atoms with van der Waals surface area (Å²) in [7, 11) is 0. The van der Waals surface area contributed by atoms with Crippen LogP contribution >= 0.6 is 11.3 Å². The molecule has 0 fully saturated rings. The Bertz CT molecular complexity index is 846. The maximum Gasteiger partial charge on any atom is 0.187 e. The first-order chi connectivity index (χ1) is 13.7. The molecular formula is C23H28N2O2S. The van der Waals surface area contributed by atoms with Crippen molar-refractivity contribution in [1.29, 1.82) is 0 Å². The Kier molecular flexibility index (Phi) is 7.73. The van der Waals surface area contributed by atoms with Gasteiger partial charge in [-0.2, -0.15) is 0 Å². The molecule has 0 atom stereocenters. The van der Waals surface area contributed by atoms with E-state index in [1.807, 2.05) is 41.8 Å². The van der Waals surface area contributed by atoms with Crippen LogP contribution in [0.15, 0.2) is 53.9 Å². The van der Waals surface area contributed by atoms with Crippen molar-refractivity contribution >= 4 is 22.2 Å². The number of thiazole rings is 1. The van der Waals surface area contributed by atoms with Crippen LogP contribution in [0.2, 0.25) is 0 Å². The summed E-state index contributed by atoms with van der Waals surface area (Å²) in [5.74, 6) is 1.14. The summed E-state index contributed by atoms with van der Waals surface area (Å²) in [4.78, 5) is 4.63. The van der Waals surface area contributed by atoms with Gasteiger partial charge in [-0.3, -0.25) is 0 Å². The fourth-order valence-corrected chi connectivity index (χ4v) is 3.70. The summed E-state index contributed by atoms with van der Waals surface area (Å²) in [6.07, 6.45) is 7.58. The highest BCUT2D eigenvalue weighted by Crippen LogP contribution is 2.29. The lowest BCUT2D eigenvalue weighted by atomic mass is 10.1.